The second-order valence-corrected chi connectivity index (χ2v) is 6.22. The summed E-state index contributed by atoms with van der Waals surface area (Å²) in [7, 11) is 0. The van der Waals surface area contributed by atoms with Crippen LogP contribution in [0.4, 0.5) is 5.69 Å². The standard InChI is InChI=1S/C19H26N/c1-2-3-4-5-6-7-10-15-11-8-14-18-19(15)16-12-9-13-17(16)20-18/h8,11,14H,2-7,9-10,12-13H2,1H3. The molecule has 1 heterocycles. The molecule has 3 rings (SSSR count). The second kappa shape index (κ2) is 6.47. The van der Waals surface area contributed by atoms with Gasteiger partial charge in [-0.3, -0.25) is 5.32 Å². The zero-order valence-electron chi connectivity index (χ0n) is 12.8. The summed E-state index contributed by atoms with van der Waals surface area (Å²) in [6.45, 7) is 2.28. The molecule has 1 aromatic carbocycles. The summed E-state index contributed by atoms with van der Waals surface area (Å²) in [4.78, 5) is 0. The Balaban J connectivity index is 1.60. The lowest BCUT2D eigenvalue weighted by Gasteiger charge is -2.10. The lowest BCUT2D eigenvalue weighted by Crippen LogP contribution is -1.95. The summed E-state index contributed by atoms with van der Waals surface area (Å²) in [5.74, 6) is 0. The molecule has 1 radical (unpaired) electrons. The number of benzene rings is 1. The summed E-state index contributed by atoms with van der Waals surface area (Å²) in [6, 6.07) is 6.71. The van der Waals surface area contributed by atoms with Crippen molar-refractivity contribution in [3.05, 3.63) is 35.0 Å². The Bertz CT molecular complexity index is 498. The van der Waals surface area contributed by atoms with Crippen LogP contribution in [0, 0.1) is 0 Å². The van der Waals surface area contributed by atoms with E-state index in [1.165, 1.54) is 81.2 Å². The quantitative estimate of drug-likeness (QED) is 0.560. The number of hydrogen-bond donors (Lipinski definition) is 0. The average Bonchev–Trinajstić information content (AvgIpc) is 3.03. The van der Waals surface area contributed by atoms with Gasteiger partial charge >= 0.3 is 0 Å². The number of aryl methyl sites for hydroxylation is 1. The van der Waals surface area contributed by atoms with Gasteiger partial charge in [0.25, 0.3) is 0 Å². The van der Waals surface area contributed by atoms with E-state index in [2.05, 4.69) is 25.1 Å². The molecule has 0 atom stereocenters. The van der Waals surface area contributed by atoms with Crippen molar-refractivity contribution in [1.82, 2.24) is 5.32 Å². The van der Waals surface area contributed by atoms with Gasteiger partial charge < -0.3 is 0 Å². The Hall–Kier alpha value is -1.24. The van der Waals surface area contributed by atoms with Crippen LogP contribution < -0.4 is 5.32 Å². The van der Waals surface area contributed by atoms with Gasteiger partial charge in [0.2, 0.25) is 0 Å². The van der Waals surface area contributed by atoms with Gasteiger partial charge in [0.05, 0.1) is 5.69 Å². The summed E-state index contributed by atoms with van der Waals surface area (Å²) in [6.07, 6.45) is 13.3. The van der Waals surface area contributed by atoms with E-state index in [0.717, 1.165) is 0 Å². The average molecular weight is 268 g/mol. The maximum Gasteiger partial charge on any atom is 0.0711 e. The van der Waals surface area contributed by atoms with Gasteiger partial charge in [0.15, 0.2) is 0 Å². The maximum absolute atomic E-state index is 4.82. The van der Waals surface area contributed by atoms with Crippen molar-refractivity contribution >= 4 is 11.3 Å². The summed E-state index contributed by atoms with van der Waals surface area (Å²) in [5.41, 5.74) is 7.26. The predicted molar refractivity (Wildman–Crippen MR) is 86.1 cm³/mol. The van der Waals surface area contributed by atoms with Crippen molar-refractivity contribution in [3.8, 4) is 0 Å². The van der Waals surface area contributed by atoms with Gasteiger partial charge in [-0.05, 0) is 49.3 Å². The highest BCUT2D eigenvalue weighted by atomic mass is 14.9. The van der Waals surface area contributed by atoms with Gasteiger partial charge in [0.1, 0.15) is 0 Å². The van der Waals surface area contributed by atoms with Crippen LogP contribution in [0.1, 0.15) is 75.8 Å². The van der Waals surface area contributed by atoms with Crippen LogP contribution in [0.5, 0.6) is 0 Å². The molecule has 1 nitrogen and oxygen atoms in total. The minimum absolute atomic E-state index is 1.19. The first kappa shape index (κ1) is 13.7. The number of unbranched alkanes of at least 4 members (excludes halogenated alkanes) is 5. The first-order chi connectivity index (χ1) is 9.90. The molecule has 0 N–H and O–H groups in total. The molecule has 0 bridgehead atoms. The summed E-state index contributed by atoms with van der Waals surface area (Å²) < 4.78 is 0. The van der Waals surface area contributed by atoms with Gasteiger partial charge in [-0.2, -0.15) is 0 Å². The van der Waals surface area contributed by atoms with Gasteiger partial charge in [0, 0.05) is 11.3 Å². The van der Waals surface area contributed by atoms with E-state index in [1.807, 2.05) is 0 Å². The largest absolute Gasteiger partial charge is 0.253 e. The Kier molecular flexibility index (Phi) is 4.44. The Labute approximate surface area is 123 Å². The molecule has 0 saturated heterocycles. The van der Waals surface area contributed by atoms with E-state index >= 15 is 0 Å². The zero-order valence-corrected chi connectivity index (χ0v) is 12.8. The minimum atomic E-state index is 1.19. The lowest BCUT2D eigenvalue weighted by atomic mass is 9.95. The highest BCUT2D eigenvalue weighted by molar-refractivity contribution is 5.85. The Morgan fingerprint density at radius 1 is 1.00 bits per heavy atom. The molecular weight excluding hydrogens is 242 g/mol. The van der Waals surface area contributed by atoms with Crippen molar-refractivity contribution in [2.75, 3.05) is 0 Å². The van der Waals surface area contributed by atoms with Crippen molar-refractivity contribution in [3.63, 3.8) is 0 Å². The topological polar surface area (TPSA) is 14.1 Å². The van der Waals surface area contributed by atoms with Crippen LogP contribution in [0.3, 0.4) is 0 Å². The SMILES string of the molecule is CCCCCCCCc1cccc2c1C1=C(CCC1)[N]2. The molecule has 0 amide bonds. The fraction of sp³-hybridized carbons (Fsp3) is 0.579. The monoisotopic (exact) mass is 268 g/mol. The van der Waals surface area contributed by atoms with Gasteiger partial charge in [-0.15, -0.1) is 0 Å². The minimum Gasteiger partial charge on any atom is -0.253 e. The highest BCUT2D eigenvalue weighted by Gasteiger charge is 2.28. The van der Waals surface area contributed by atoms with E-state index < -0.39 is 0 Å². The summed E-state index contributed by atoms with van der Waals surface area (Å²) in [5, 5.41) is 4.82. The molecule has 20 heavy (non-hydrogen) atoms. The maximum atomic E-state index is 4.82. The third-order valence-electron chi connectivity index (χ3n) is 4.67. The van der Waals surface area contributed by atoms with E-state index in [1.54, 1.807) is 11.1 Å². The third kappa shape index (κ3) is 2.77. The number of allylic oxidation sites excluding steroid dienone is 2. The molecule has 0 fully saturated rings. The number of nitrogens with zero attached hydrogens (tertiary/aromatic N) is 1. The molecule has 0 aromatic heterocycles. The smallest absolute Gasteiger partial charge is 0.0711 e. The molecular formula is C19H26N. The van der Waals surface area contributed by atoms with Crippen molar-refractivity contribution in [1.29, 1.82) is 0 Å². The van der Waals surface area contributed by atoms with Crippen LogP contribution in [0.2, 0.25) is 0 Å². The molecule has 1 aliphatic carbocycles. The molecule has 1 heteroatoms. The fourth-order valence-electron chi connectivity index (χ4n) is 3.60. The molecule has 0 unspecified atom stereocenters. The number of fused-ring (bicyclic) bond motifs is 2. The first-order valence-electron chi connectivity index (χ1n) is 8.46. The molecule has 2 aliphatic rings. The van der Waals surface area contributed by atoms with Crippen molar-refractivity contribution < 1.29 is 0 Å². The molecule has 1 aliphatic heterocycles. The predicted octanol–water partition coefficient (Wildman–Crippen LogP) is 5.73. The van der Waals surface area contributed by atoms with Gasteiger partial charge in [-0.25, -0.2) is 0 Å². The van der Waals surface area contributed by atoms with Crippen molar-refractivity contribution in [2.45, 2.75) is 71.1 Å². The van der Waals surface area contributed by atoms with Crippen LogP contribution in [-0.4, -0.2) is 0 Å². The third-order valence-corrected chi connectivity index (χ3v) is 4.67. The van der Waals surface area contributed by atoms with E-state index in [-0.39, 0.29) is 0 Å². The van der Waals surface area contributed by atoms with Gasteiger partial charge in [-0.1, -0.05) is 51.2 Å². The zero-order chi connectivity index (χ0) is 13.8. The number of rotatable bonds is 7. The lowest BCUT2D eigenvalue weighted by molar-refractivity contribution is 0.607. The fourth-order valence-corrected chi connectivity index (χ4v) is 3.60. The Morgan fingerprint density at radius 3 is 2.75 bits per heavy atom. The molecule has 107 valence electrons. The first-order valence-corrected chi connectivity index (χ1v) is 8.46. The molecule has 0 spiro atoms. The number of hydrogen-bond acceptors (Lipinski definition) is 0. The molecule has 0 saturated carbocycles. The molecule has 1 aromatic rings. The van der Waals surface area contributed by atoms with Crippen LogP contribution in [0.15, 0.2) is 23.9 Å². The van der Waals surface area contributed by atoms with Crippen LogP contribution in [-0.2, 0) is 6.42 Å². The Morgan fingerprint density at radius 2 is 1.85 bits per heavy atom. The van der Waals surface area contributed by atoms with E-state index in [4.69, 9.17) is 5.32 Å². The normalized spacial score (nSPS) is 16.2. The highest BCUT2D eigenvalue weighted by Crippen LogP contribution is 2.45. The van der Waals surface area contributed by atoms with E-state index in [9.17, 15) is 0 Å². The summed E-state index contributed by atoms with van der Waals surface area (Å²) >= 11 is 0. The van der Waals surface area contributed by atoms with Crippen LogP contribution >= 0.6 is 0 Å². The second-order valence-electron chi connectivity index (χ2n) is 6.22. The van der Waals surface area contributed by atoms with E-state index in [0.29, 0.717) is 0 Å². The van der Waals surface area contributed by atoms with Crippen LogP contribution in [0.25, 0.3) is 5.57 Å². The van der Waals surface area contributed by atoms with Crippen molar-refractivity contribution in [2.24, 2.45) is 0 Å².